The number of hydrogen-bond acceptors (Lipinski definition) is 6. The predicted octanol–water partition coefficient (Wildman–Crippen LogP) is 2.68. The van der Waals surface area contributed by atoms with Crippen LogP contribution in [0.25, 0.3) is 6.20 Å². The monoisotopic (exact) mass is 321 g/mol. The Morgan fingerprint density at radius 1 is 1.52 bits per heavy atom. The Kier molecular flexibility index (Phi) is 6.72. The first kappa shape index (κ1) is 18.6. The van der Waals surface area contributed by atoms with E-state index >= 15 is 0 Å². The first-order valence-corrected chi connectivity index (χ1v) is 7.46. The number of nitrogens with zero attached hydrogens (tertiary/aromatic N) is 3. The van der Waals surface area contributed by atoms with Crippen molar-refractivity contribution in [3.63, 3.8) is 0 Å². The van der Waals surface area contributed by atoms with Crippen LogP contribution in [0.4, 0.5) is 0 Å². The van der Waals surface area contributed by atoms with Crippen LogP contribution in [0.3, 0.4) is 0 Å². The highest BCUT2D eigenvalue weighted by molar-refractivity contribution is 5.92. The fourth-order valence-electron chi connectivity index (χ4n) is 1.60. The van der Waals surface area contributed by atoms with Gasteiger partial charge in [-0.15, -0.1) is 0 Å². The number of ether oxygens (including phenoxy) is 2. The Balaban J connectivity index is 3.13. The van der Waals surface area contributed by atoms with E-state index < -0.39 is 11.5 Å². The zero-order valence-electron chi connectivity index (χ0n) is 14.2. The van der Waals surface area contributed by atoms with Crippen LogP contribution >= 0.6 is 0 Å². The molecule has 0 unspecified atom stereocenters. The molecule has 0 atom stereocenters. The molecule has 0 amide bonds. The molecule has 0 bridgehead atoms. The smallest absolute Gasteiger partial charge is 0.345 e. The minimum Gasteiger partial charge on any atom is -0.477 e. The highest BCUT2D eigenvalue weighted by Crippen LogP contribution is 2.22. The van der Waals surface area contributed by atoms with Gasteiger partial charge in [-0.25, -0.2) is 14.3 Å². The summed E-state index contributed by atoms with van der Waals surface area (Å²) < 4.78 is 12.1. The Hall–Kier alpha value is -2.40. The summed E-state index contributed by atoms with van der Waals surface area (Å²) in [5.74, 6) is 0.101. The van der Waals surface area contributed by atoms with Crippen LogP contribution in [-0.4, -0.2) is 40.6 Å². The standard InChI is InChI=1S/C16H23N3O4/c1-6-22-15(21)13-9-18-19(14(13)23-10-12(2)3)8-7-16(4,5)17-11-20/h7-9,12H,6,10H2,1-5H3. The maximum absolute atomic E-state index is 12.0. The minimum absolute atomic E-state index is 0.258. The number of carbonyl (C=O) groups excluding carboxylic acids is 2. The zero-order valence-corrected chi connectivity index (χ0v) is 14.2. The lowest BCUT2D eigenvalue weighted by atomic mass is 10.1. The van der Waals surface area contributed by atoms with Gasteiger partial charge in [-0.1, -0.05) is 13.8 Å². The lowest BCUT2D eigenvalue weighted by Gasteiger charge is -2.13. The lowest BCUT2D eigenvalue weighted by Crippen LogP contribution is -2.14. The number of esters is 1. The van der Waals surface area contributed by atoms with Crippen LogP contribution in [0, 0.1) is 5.92 Å². The molecule has 0 spiro atoms. The SMILES string of the molecule is CCOC(=O)c1cnn(C=CC(C)(C)N=C=O)c1OCC(C)C. The van der Waals surface area contributed by atoms with Gasteiger partial charge in [0.25, 0.3) is 0 Å². The zero-order chi connectivity index (χ0) is 17.5. The highest BCUT2D eigenvalue weighted by atomic mass is 16.5. The minimum atomic E-state index is -0.729. The molecule has 0 saturated carbocycles. The van der Waals surface area contributed by atoms with E-state index in [0.717, 1.165) is 0 Å². The van der Waals surface area contributed by atoms with Crippen LogP contribution in [0.1, 0.15) is 45.0 Å². The average molecular weight is 321 g/mol. The van der Waals surface area contributed by atoms with Crippen molar-refractivity contribution < 1.29 is 19.1 Å². The molecule has 1 heterocycles. The second-order valence-corrected chi connectivity index (χ2v) is 5.91. The second-order valence-electron chi connectivity index (χ2n) is 5.91. The van der Waals surface area contributed by atoms with E-state index in [0.29, 0.717) is 12.5 Å². The Morgan fingerprint density at radius 2 is 2.22 bits per heavy atom. The van der Waals surface area contributed by atoms with Crippen LogP contribution in [0.15, 0.2) is 17.3 Å². The predicted molar refractivity (Wildman–Crippen MR) is 86.0 cm³/mol. The van der Waals surface area contributed by atoms with Gasteiger partial charge in [0.15, 0.2) is 0 Å². The number of carbonyl (C=O) groups is 1. The topological polar surface area (TPSA) is 82.8 Å². The highest BCUT2D eigenvalue weighted by Gasteiger charge is 2.20. The quantitative estimate of drug-likeness (QED) is 0.417. The van der Waals surface area contributed by atoms with Crippen molar-refractivity contribution in [1.29, 1.82) is 0 Å². The molecule has 0 saturated heterocycles. The van der Waals surface area contributed by atoms with Crippen molar-refractivity contribution in [1.82, 2.24) is 9.78 Å². The third-order valence-electron chi connectivity index (χ3n) is 2.76. The summed E-state index contributed by atoms with van der Waals surface area (Å²) in [7, 11) is 0. The van der Waals surface area contributed by atoms with E-state index in [2.05, 4.69) is 10.1 Å². The number of isocyanates is 1. The van der Waals surface area contributed by atoms with Crippen LogP contribution in [-0.2, 0) is 9.53 Å². The van der Waals surface area contributed by atoms with Crippen LogP contribution in [0.2, 0.25) is 0 Å². The summed E-state index contributed by atoms with van der Waals surface area (Å²) in [5.41, 5.74) is -0.471. The molecular weight excluding hydrogens is 298 g/mol. The van der Waals surface area contributed by atoms with Gasteiger partial charge in [0.2, 0.25) is 12.0 Å². The van der Waals surface area contributed by atoms with Crippen molar-refractivity contribution in [3.8, 4) is 5.88 Å². The maximum Gasteiger partial charge on any atom is 0.345 e. The fourth-order valence-corrected chi connectivity index (χ4v) is 1.60. The molecule has 0 aromatic carbocycles. The molecular formula is C16H23N3O4. The Bertz CT molecular complexity index is 611. The van der Waals surface area contributed by atoms with E-state index in [1.165, 1.54) is 17.0 Å². The molecule has 0 fully saturated rings. The molecule has 0 N–H and O–H groups in total. The van der Waals surface area contributed by atoms with E-state index in [-0.39, 0.29) is 18.1 Å². The Labute approximate surface area is 136 Å². The first-order chi connectivity index (χ1) is 10.8. The van der Waals surface area contributed by atoms with E-state index in [1.807, 2.05) is 13.8 Å². The summed E-state index contributed by atoms with van der Waals surface area (Å²) in [4.78, 5) is 26.1. The van der Waals surface area contributed by atoms with Crippen molar-refractivity contribution in [3.05, 3.63) is 17.8 Å². The molecule has 0 aliphatic rings. The summed E-state index contributed by atoms with van der Waals surface area (Å²) in [6.45, 7) is 9.94. The molecule has 0 aliphatic carbocycles. The molecule has 126 valence electrons. The molecule has 1 aromatic rings. The summed E-state index contributed by atoms with van der Waals surface area (Å²) >= 11 is 0. The number of aliphatic imine (C=N–C) groups is 1. The fraction of sp³-hybridized carbons (Fsp3) is 0.562. The van der Waals surface area contributed by atoms with Crippen molar-refractivity contribution in [2.24, 2.45) is 10.9 Å². The molecule has 7 heteroatoms. The molecule has 1 rings (SSSR count). The van der Waals surface area contributed by atoms with Crippen LogP contribution in [0.5, 0.6) is 5.88 Å². The third kappa shape index (κ3) is 5.71. The summed E-state index contributed by atoms with van der Waals surface area (Å²) in [6, 6.07) is 0. The molecule has 7 nitrogen and oxygen atoms in total. The largest absolute Gasteiger partial charge is 0.477 e. The maximum atomic E-state index is 12.0. The molecule has 1 aromatic heterocycles. The summed E-state index contributed by atoms with van der Waals surface area (Å²) in [5, 5.41) is 4.12. The lowest BCUT2D eigenvalue weighted by molar-refractivity contribution is 0.0520. The van der Waals surface area contributed by atoms with Gasteiger partial charge in [0.05, 0.1) is 24.9 Å². The molecule has 23 heavy (non-hydrogen) atoms. The number of aromatic nitrogens is 2. The van der Waals surface area contributed by atoms with Gasteiger partial charge < -0.3 is 9.47 Å². The summed E-state index contributed by atoms with van der Waals surface area (Å²) in [6.07, 6.45) is 6.19. The second kappa shape index (κ2) is 8.29. The van der Waals surface area contributed by atoms with Crippen molar-refractivity contribution in [2.45, 2.75) is 40.2 Å². The van der Waals surface area contributed by atoms with Gasteiger partial charge in [-0.05, 0) is 32.8 Å². The van der Waals surface area contributed by atoms with E-state index in [4.69, 9.17) is 9.47 Å². The number of hydrogen-bond donors (Lipinski definition) is 0. The average Bonchev–Trinajstić information content (AvgIpc) is 2.86. The van der Waals surface area contributed by atoms with Gasteiger partial charge in [0, 0.05) is 6.20 Å². The van der Waals surface area contributed by atoms with Gasteiger partial charge in [0.1, 0.15) is 5.56 Å². The van der Waals surface area contributed by atoms with E-state index in [1.54, 1.807) is 33.0 Å². The number of rotatable bonds is 8. The van der Waals surface area contributed by atoms with E-state index in [9.17, 15) is 9.59 Å². The van der Waals surface area contributed by atoms with Crippen LogP contribution < -0.4 is 4.74 Å². The van der Waals surface area contributed by atoms with Gasteiger partial charge in [-0.2, -0.15) is 10.1 Å². The van der Waals surface area contributed by atoms with Crippen molar-refractivity contribution >= 4 is 18.2 Å². The Morgan fingerprint density at radius 3 is 2.78 bits per heavy atom. The molecule has 0 radical (unpaired) electrons. The van der Waals surface area contributed by atoms with Gasteiger partial charge >= 0.3 is 5.97 Å². The van der Waals surface area contributed by atoms with Crippen molar-refractivity contribution in [2.75, 3.05) is 13.2 Å². The third-order valence-corrected chi connectivity index (χ3v) is 2.76. The molecule has 0 aliphatic heterocycles. The normalized spacial score (nSPS) is 11.6. The first-order valence-electron chi connectivity index (χ1n) is 7.46. The van der Waals surface area contributed by atoms with Gasteiger partial charge in [-0.3, -0.25) is 0 Å².